The molecule has 0 aliphatic carbocycles. The van der Waals surface area contributed by atoms with Crippen molar-refractivity contribution in [3.05, 3.63) is 23.9 Å². The highest BCUT2D eigenvalue weighted by Gasteiger charge is 2.15. The van der Waals surface area contributed by atoms with E-state index >= 15 is 0 Å². The van der Waals surface area contributed by atoms with Crippen LogP contribution < -0.4 is 11.5 Å². The van der Waals surface area contributed by atoms with E-state index in [1.54, 1.807) is 25.1 Å². The van der Waals surface area contributed by atoms with Crippen LogP contribution in [-0.2, 0) is 16.0 Å². The predicted octanol–water partition coefficient (Wildman–Crippen LogP) is 0.0967. The van der Waals surface area contributed by atoms with E-state index in [0.717, 1.165) is 0 Å². The summed E-state index contributed by atoms with van der Waals surface area (Å²) in [6, 6.07) is 4.55. The largest absolute Gasteiger partial charge is 0.465 e. The van der Waals surface area contributed by atoms with Crippen molar-refractivity contribution in [2.75, 3.05) is 12.3 Å². The Balaban J connectivity index is 2.58. The van der Waals surface area contributed by atoms with Gasteiger partial charge < -0.3 is 16.2 Å². The first-order chi connectivity index (χ1) is 7.13. The predicted molar refractivity (Wildman–Crippen MR) is 57.0 cm³/mol. The highest BCUT2D eigenvalue weighted by atomic mass is 16.5. The number of esters is 1. The van der Waals surface area contributed by atoms with E-state index in [-0.39, 0.29) is 0 Å². The third-order valence-corrected chi connectivity index (χ3v) is 1.85. The van der Waals surface area contributed by atoms with E-state index in [4.69, 9.17) is 16.2 Å². The monoisotopic (exact) mass is 209 g/mol. The molecule has 0 spiro atoms. The summed E-state index contributed by atoms with van der Waals surface area (Å²) in [6.07, 6.45) is 0.337. The van der Waals surface area contributed by atoms with Gasteiger partial charge in [-0.3, -0.25) is 4.79 Å². The van der Waals surface area contributed by atoms with Gasteiger partial charge >= 0.3 is 5.97 Å². The zero-order chi connectivity index (χ0) is 11.3. The molecule has 0 bridgehead atoms. The minimum Gasteiger partial charge on any atom is -0.465 e. The summed E-state index contributed by atoms with van der Waals surface area (Å²) in [5, 5.41) is 0. The van der Waals surface area contributed by atoms with Gasteiger partial charge in [0.1, 0.15) is 11.9 Å². The molecule has 1 rings (SSSR count). The standard InChI is InChI=1S/C10H15N3O2/c1-2-15-10(14)8(11)6-7-4-3-5-9(12)13-7/h3-5,8H,2,6,11H2,1H3,(H2,12,13). The summed E-state index contributed by atoms with van der Waals surface area (Å²) < 4.78 is 4.78. The lowest BCUT2D eigenvalue weighted by Gasteiger charge is -2.09. The Hall–Kier alpha value is -1.62. The Labute approximate surface area is 88.4 Å². The third-order valence-electron chi connectivity index (χ3n) is 1.85. The van der Waals surface area contributed by atoms with Crippen LogP contribution in [0.4, 0.5) is 5.82 Å². The zero-order valence-electron chi connectivity index (χ0n) is 8.64. The van der Waals surface area contributed by atoms with Crippen molar-refractivity contribution in [3.63, 3.8) is 0 Å². The number of carbonyl (C=O) groups is 1. The lowest BCUT2D eigenvalue weighted by atomic mass is 10.1. The first-order valence-electron chi connectivity index (χ1n) is 4.77. The fraction of sp³-hybridized carbons (Fsp3) is 0.400. The maximum absolute atomic E-state index is 11.2. The molecule has 1 aromatic rings. The second kappa shape index (κ2) is 5.31. The number of carbonyl (C=O) groups excluding carboxylic acids is 1. The normalized spacial score (nSPS) is 12.1. The van der Waals surface area contributed by atoms with Crippen LogP contribution in [0, 0.1) is 0 Å². The zero-order valence-corrected chi connectivity index (χ0v) is 8.64. The number of rotatable bonds is 4. The Morgan fingerprint density at radius 2 is 2.33 bits per heavy atom. The van der Waals surface area contributed by atoms with Crippen molar-refractivity contribution in [2.24, 2.45) is 5.73 Å². The van der Waals surface area contributed by atoms with Gasteiger partial charge in [-0.2, -0.15) is 0 Å². The fourth-order valence-corrected chi connectivity index (χ4v) is 1.17. The maximum Gasteiger partial charge on any atom is 0.323 e. The molecule has 82 valence electrons. The minimum atomic E-state index is -0.681. The number of aromatic nitrogens is 1. The number of ether oxygens (including phenoxy) is 1. The van der Waals surface area contributed by atoms with Crippen LogP contribution in [0.5, 0.6) is 0 Å². The van der Waals surface area contributed by atoms with E-state index in [9.17, 15) is 4.79 Å². The lowest BCUT2D eigenvalue weighted by Crippen LogP contribution is -2.34. The van der Waals surface area contributed by atoms with Crippen molar-refractivity contribution in [2.45, 2.75) is 19.4 Å². The number of nitrogens with zero attached hydrogens (tertiary/aromatic N) is 1. The second-order valence-electron chi connectivity index (χ2n) is 3.12. The number of nitrogens with two attached hydrogens (primary N) is 2. The van der Waals surface area contributed by atoms with Gasteiger partial charge in [0.05, 0.1) is 6.61 Å². The summed E-state index contributed by atoms with van der Waals surface area (Å²) in [6.45, 7) is 2.07. The molecule has 0 aliphatic heterocycles. The average Bonchev–Trinajstić information content (AvgIpc) is 2.18. The summed E-state index contributed by atoms with van der Waals surface area (Å²) in [4.78, 5) is 15.3. The second-order valence-corrected chi connectivity index (χ2v) is 3.12. The van der Waals surface area contributed by atoms with Gasteiger partial charge in [-0.15, -0.1) is 0 Å². The van der Waals surface area contributed by atoms with Gasteiger partial charge in [0, 0.05) is 12.1 Å². The van der Waals surface area contributed by atoms with Crippen molar-refractivity contribution < 1.29 is 9.53 Å². The number of hydrogen-bond donors (Lipinski definition) is 2. The topological polar surface area (TPSA) is 91.2 Å². The molecule has 0 radical (unpaired) electrons. The molecule has 1 atom stereocenters. The van der Waals surface area contributed by atoms with Gasteiger partial charge in [0.25, 0.3) is 0 Å². The van der Waals surface area contributed by atoms with Crippen LogP contribution in [0.15, 0.2) is 18.2 Å². The van der Waals surface area contributed by atoms with Gasteiger partial charge in [0.15, 0.2) is 0 Å². The van der Waals surface area contributed by atoms with Crippen molar-refractivity contribution in [1.82, 2.24) is 4.98 Å². The molecule has 0 aliphatic rings. The molecular weight excluding hydrogens is 194 g/mol. The molecule has 1 unspecified atom stereocenters. The number of pyridine rings is 1. The smallest absolute Gasteiger partial charge is 0.323 e. The highest BCUT2D eigenvalue weighted by molar-refractivity contribution is 5.75. The van der Waals surface area contributed by atoms with Gasteiger partial charge in [0.2, 0.25) is 0 Å². The van der Waals surface area contributed by atoms with Crippen molar-refractivity contribution in [1.29, 1.82) is 0 Å². The quantitative estimate of drug-likeness (QED) is 0.686. The van der Waals surface area contributed by atoms with Crippen LogP contribution in [-0.4, -0.2) is 23.6 Å². The molecule has 1 aromatic heterocycles. The number of hydrogen-bond acceptors (Lipinski definition) is 5. The van der Waals surface area contributed by atoms with Crippen molar-refractivity contribution in [3.8, 4) is 0 Å². The van der Waals surface area contributed by atoms with Crippen LogP contribution in [0.2, 0.25) is 0 Å². The van der Waals surface area contributed by atoms with E-state index in [1.165, 1.54) is 0 Å². The molecule has 1 heterocycles. The van der Waals surface area contributed by atoms with E-state index in [1.807, 2.05) is 0 Å². The Bertz CT molecular complexity index is 341. The Morgan fingerprint density at radius 3 is 2.93 bits per heavy atom. The van der Waals surface area contributed by atoms with Crippen LogP contribution in [0.25, 0.3) is 0 Å². The lowest BCUT2D eigenvalue weighted by molar-refractivity contribution is -0.144. The molecule has 0 fully saturated rings. The molecule has 5 heteroatoms. The first kappa shape index (κ1) is 11.5. The SMILES string of the molecule is CCOC(=O)C(N)Cc1cccc(N)n1. The first-order valence-corrected chi connectivity index (χ1v) is 4.77. The molecule has 0 amide bonds. The molecular formula is C10H15N3O2. The molecule has 0 saturated heterocycles. The minimum absolute atomic E-state index is 0.330. The van der Waals surface area contributed by atoms with E-state index in [0.29, 0.717) is 24.5 Å². The number of nitrogen functional groups attached to an aromatic ring is 1. The summed E-state index contributed by atoms with van der Waals surface area (Å²) >= 11 is 0. The molecule has 5 nitrogen and oxygen atoms in total. The molecule has 0 saturated carbocycles. The average molecular weight is 209 g/mol. The molecule has 15 heavy (non-hydrogen) atoms. The third kappa shape index (κ3) is 3.55. The van der Waals surface area contributed by atoms with Crippen LogP contribution in [0.1, 0.15) is 12.6 Å². The molecule has 4 N–H and O–H groups in total. The van der Waals surface area contributed by atoms with Gasteiger partial charge in [-0.1, -0.05) is 6.07 Å². The van der Waals surface area contributed by atoms with Gasteiger partial charge in [-0.25, -0.2) is 4.98 Å². The number of anilines is 1. The maximum atomic E-state index is 11.2. The highest BCUT2D eigenvalue weighted by Crippen LogP contribution is 2.03. The van der Waals surface area contributed by atoms with Gasteiger partial charge in [-0.05, 0) is 19.1 Å². The summed E-state index contributed by atoms with van der Waals surface area (Å²) in [5.74, 6) is 0.00489. The fourth-order valence-electron chi connectivity index (χ4n) is 1.17. The molecule has 0 aromatic carbocycles. The van der Waals surface area contributed by atoms with Crippen LogP contribution >= 0.6 is 0 Å². The summed E-state index contributed by atoms with van der Waals surface area (Å²) in [7, 11) is 0. The van der Waals surface area contributed by atoms with Crippen molar-refractivity contribution >= 4 is 11.8 Å². The Kier molecular flexibility index (Phi) is 4.05. The van der Waals surface area contributed by atoms with Crippen LogP contribution in [0.3, 0.4) is 0 Å². The summed E-state index contributed by atoms with van der Waals surface area (Å²) in [5.41, 5.74) is 11.8. The van der Waals surface area contributed by atoms with E-state index in [2.05, 4.69) is 4.98 Å². The Morgan fingerprint density at radius 1 is 1.60 bits per heavy atom. The van der Waals surface area contributed by atoms with E-state index < -0.39 is 12.0 Å².